The average molecular weight is 400 g/mol. The molecule has 1 saturated heterocycles. The van der Waals surface area contributed by atoms with Crippen LogP contribution in [0.4, 0.5) is 0 Å². The van der Waals surface area contributed by atoms with Crippen LogP contribution >= 0.6 is 0 Å². The number of fused-ring (bicyclic) bond motifs is 4. The topological polar surface area (TPSA) is 21.7 Å². The van der Waals surface area contributed by atoms with Gasteiger partial charge in [0.15, 0.2) is 6.29 Å². The Balaban J connectivity index is 1.25. The number of ether oxygens (including phenoxy) is 2. The average Bonchev–Trinajstić information content (AvgIpc) is 2.79. The zero-order valence-electron chi connectivity index (χ0n) is 17.3. The summed E-state index contributed by atoms with van der Waals surface area (Å²) in [5.41, 5.74) is 5.44. The second-order valence-corrected chi connectivity index (χ2v) is 8.42. The Morgan fingerprint density at radius 2 is 1.37 bits per heavy atom. The van der Waals surface area contributed by atoms with E-state index < -0.39 is 0 Å². The second kappa shape index (κ2) is 9.13. The van der Waals surface area contributed by atoms with Crippen LogP contribution in [0.1, 0.15) is 41.2 Å². The fourth-order valence-corrected chi connectivity index (χ4v) is 4.70. The van der Waals surface area contributed by atoms with Crippen LogP contribution in [0.2, 0.25) is 0 Å². The summed E-state index contributed by atoms with van der Waals surface area (Å²) < 4.78 is 12.5. The molecule has 2 aliphatic heterocycles. The molecule has 0 radical (unpaired) electrons. The molecule has 3 atom stereocenters. The highest BCUT2D eigenvalue weighted by atomic mass is 16.7. The van der Waals surface area contributed by atoms with Gasteiger partial charge in [0.05, 0.1) is 12.2 Å². The number of hydrogen-bond acceptors (Lipinski definition) is 3. The highest BCUT2D eigenvalue weighted by molar-refractivity contribution is 5.32. The van der Waals surface area contributed by atoms with E-state index in [9.17, 15) is 0 Å². The monoisotopic (exact) mass is 399 g/mol. The molecule has 2 heterocycles. The van der Waals surface area contributed by atoms with E-state index in [0.717, 1.165) is 38.9 Å². The van der Waals surface area contributed by atoms with Crippen molar-refractivity contribution < 1.29 is 9.47 Å². The molecule has 2 bridgehead atoms. The van der Waals surface area contributed by atoms with Gasteiger partial charge in [-0.1, -0.05) is 84.9 Å². The van der Waals surface area contributed by atoms with Crippen LogP contribution in [0.3, 0.4) is 0 Å². The number of rotatable bonds is 7. The van der Waals surface area contributed by atoms with E-state index in [1.165, 1.54) is 22.3 Å². The molecular weight excluding hydrogens is 370 g/mol. The maximum absolute atomic E-state index is 6.32. The molecule has 0 N–H and O–H groups in total. The lowest BCUT2D eigenvalue weighted by Gasteiger charge is -2.41. The molecule has 0 aliphatic carbocycles. The minimum atomic E-state index is -0.0969. The van der Waals surface area contributed by atoms with Gasteiger partial charge in [-0.25, -0.2) is 0 Å². The molecular formula is C27H29NO2. The molecule has 3 unspecified atom stereocenters. The van der Waals surface area contributed by atoms with Crippen molar-refractivity contribution in [3.8, 4) is 0 Å². The van der Waals surface area contributed by atoms with Gasteiger partial charge in [0.1, 0.15) is 0 Å². The Labute approximate surface area is 179 Å². The SMILES string of the molecule is c1ccc(CN(CCC2CC3OC(Cc4ccccc43)O2)Cc2ccccc2)cc1. The standard InChI is InChI=1S/C27H29NO2/c1-3-9-21(10-4-1)19-28(20-22-11-5-2-6-12-22)16-15-24-18-26-25-14-8-7-13-23(25)17-27(29-24)30-26/h1-14,24,26-27H,15-20H2. The zero-order valence-corrected chi connectivity index (χ0v) is 17.3. The van der Waals surface area contributed by atoms with Crippen molar-refractivity contribution in [3.63, 3.8) is 0 Å². The third kappa shape index (κ3) is 4.65. The Bertz CT molecular complexity index is 902. The summed E-state index contributed by atoms with van der Waals surface area (Å²) in [6, 6.07) is 30.2. The van der Waals surface area contributed by atoms with Gasteiger partial charge in [-0.2, -0.15) is 0 Å². The minimum absolute atomic E-state index is 0.0969. The van der Waals surface area contributed by atoms with Crippen LogP contribution < -0.4 is 0 Å². The summed E-state index contributed by atoms with van der Waals surface area (Å²) >= 11 is 0. The molecule has 0 amide bonds. The molecule has 1 fully saturated rings. The van der Waals surface area contributed by atoms with Gasteiger partial charge < -0.3 is 9.47 Å². The van der Waals surface area contributed by atoms with E-state index in [4.69, 9.17) is 9.47 Å². The van der Waals surface area contributed by atoms with Crippen molar-refractivity contribution in [2.24, 2.45) is 0 Å². The van der Waals surface area contributed by atoms with E-state index in [0.29, 0.717) is 0 Å². The highest BCUT2D eigenvalue weighted by Gasteiger charge is 2.36. The molecule has 0 saturated carbocycles. The van der Waals surface area contributed by atoms with Crippen molar-refractivity contribution in [1.82, 2.24) is 4.90 Å². The van der Waals surface area contributed by atoms with Crippen molar-refractivity contribution >= 4 is 0 Å². The Hall–Kier alpha value is -2.46. The van der Waals surface area contributed by atoms with Crippen molar-refractivity contribution in [3.05, 3.63) is 107 Å². The Morgan fingerprint density at radius 1 is 0.733 bits per heavy atom. The normalized spacial score (nSPS) is 22.6. The summed E-state index contributed by atoms with van der Waals surface area (Å²) in [6.07, 6.45) is 3.16. The van der Waals surface area contributed by atoms with E-state index >= 15 is 0 Å². The van der Waals surface area contributed by atoms with E-state index in [2.05, 4.69) is 89.8 Å². The fraction of sp³-hybridized carbons (Fsp3) is 0.333. The fourth-order valence-electron chi connectivity index (χ4n) is 4.70. The number of benzene rings is 3. The summed E-state index contributed by atoms with van der Waals surface area (Å²) in [4.78, 5) is 2.53. The number of nitrogens with zero attached hydrogens (tertiary/aromatic N) is 1. The Kier molecular flexibility index (Phi) is 5.94. The van der Waals surface area contributed by atoms with Crippen LogP contribution in [-0.2, 0) is 29.0 Å². The smallest absolute Gasteiger partial charge is 0.162 e. The molecule has 154 valence electrons. The van der Waals surface area contributed by atoms with Crippen LogP contribution in [0.15, 0.2) is 84.9 Å². The zero-order chi connectivity index (χ0) is 20.2. The third-order valence-electron chi connectivity index (χ3n) is 6.19. The largest absolute Gasteiger partial charge is 0.349 e. The first-order valence-electron chi connectivity index (χ1n) is 11.0. The lowest BCUT2D eigenvalue weighted by molar-refractivity contribution is -0.252. The molecule has 3 aromatic rings. The van der Waals surface area contributed by atoms with E-state index in [1.807, 2.05) is 0 Å². The summed E-state index contributed by atoms with van der Waals surface area (Å²) in [7, 11) is 0. The molecule has 5 rings (SSSR count). The van der Waals surface area contributed by atoms with Gasteiger partial charge in [-0.15, -0.1) is 0 Å². The first-order chi connectivity index (χ1) is 14.8. The van der Waals surface area contributed by atoms with Crippen molar-refractivity contribution in [2.75, 3.05) is 6.54 Å². The molecule has 0 spiro atoms. The summed E-state index contributed by atoms with van der Waals surface area (Å²) in [5, 5.41) is 0. The van der Waals surface area contributed by atoms with Gasteiger partial charge in [-0.3, -0.25) is 4.90 Å². The van der Waals surface area contributed by atoms with Crippen LogP contribution in [0.5, 0.6) is 0 Å². The second-order valence-electron chi connectivity index (χ2n) is 8.42. The molecule has 0 aromatic heterocycles. The van der Waals surface area contributed by atoms with Crippen molar-refractivity contribution in [1.29, 1.82) is 0 Å². The third-order valence-corrected chi connectivity index (χ3v) is 6.19. The molecule has 3 heteroatoms. The van der Waals surface area contributed by atoms with Gasteiger partial charge >= 0.3 is 0 Å². The predicted octanol–water partition coefficient (Wildman–Crippen LogP) is 5.51. The number of hydrogen-bond donors (Lipinski definition) is 0. The Morgan fingerprint density at radius 3 is 2.07 bits per heavy atom. The predicted molar refractivity (Wildman–Crippen MR) is 119 cm³/mol. The first kappa shape index (κ1) is 19.5. The summed E-state index contributed by atoms with van der Waals surface area (Å²) in [6.45, 7) is 2.92. The van der Waals surface area contributed by atoms with Gasteiger partial charge in [0, 0.05) is 32.5 Å². The maximum Gasteiger partial charge on any atom is 0.162 e. The lowest BCUT2D eigenvalue weighted by Crippen LogP contribution is -2.40. The van der Waals surface area contributed by atoms with Crippen molar-refractivity contribution in [2.45, 2.75) is 50.8 Å². The van der Waals surface area contributed by atoms with Gasteiger partial charge in [0.25, 0.3) is 0 Å². The summed E-state index contributed by atoms with van der Waals surface area (Å²) in [5.74, 6) is 0. The first-order valence-corrected chi connectivity index (χ1v) is 11.0. The van der Waals surface area contributed by atoms with Gasteiger partial charge in [-0.05, 0) is 28.7 Å². The van der Waals surface area contributed by atoms with Crippen LogP contribution in [0.25, 0.3) is 0 Å². The minimum Gasteiger partial charge on any atom is -0.349 e. The van der Waals surface area contributed by atoms with E-state index in [1.54, 1.807) is 0 Å². The van der Waals surface area contributed by atoms with Gasteiger partial charge in [0.2, 0.25) is 0 Å². The molecule has 30 heavy (non-hydrogen) atoms. The molecule has 3 aromatic carbocycles. The lowest BCUT2D eigenvalue weighted by atomic mass is 9.91. The molecule has 2 aliphatic rings. The molecule has 3 nitrogen and oxygen atoms in total. The van der Waals surface area contributed by atoms with Crippen LogP contribution in [0, 0.1) is 0 Å². The highest BCUT2D eigenvalue weighted by Crippen LogP contribution is 2.39. The quantitative estimate of drug-likeness (QED) is 0.523. The maximum atomic E-state index is 6.32. The van der Waals surface area contributed by atoms with Crippen LogP contribution in [-0.4, -0.2) is 23.8 Å². The van der Waals surface area contributed by atoms with E-state index in [-0.39, 0.29) is 18.5 Å².